The Kier molecular flexibility index (Phi) is 47.7. The van der Waals surface area contributed by atoms with E-state index in [9.17, 15) is 19.8 Å². The molecule has 1 amide bonds. The Labute approximate surface area is 389 Å². The first-order chi connectivity index (χ1) is 31.0. The summed E-state index contributed by atoms with van der Waals surface area (Å²) in [7, 11) is 0. The Balaban J connectivity index is 4.66. The molecule has 0 aromatic carbocycles. The maximum atomic E-state index is 13.2. The number of rotatable bonds is 46. The number of aliphatic hydroxyl groups excluding tert-OH is 2. The zero-order chi connectivity index (χ0) is 45.9. The number of aliphatic hydroxyl groups is 2. The van der Waals surface area contributed by atoms with Crippen LogP contribution in [0.5, 0.6) is 0 Å². The van der Waals surface area contributed by atoms with E-state index in [1.165, 1.54) is 96.3 Å². The topological polar surface area (TPSA) is 95.9 Å². The Morgan fingerprint density at radius 2 is 0.905 bits per heavy atom. The van der Waals surface area contributed by atoms with E-state index in [1.807, 2.05) is 24.3 Å². The molecule has 0 aliphatic heterocycles. The molecule has 0 aromatic rings. The van der Waals surface area contributed by atoms with Gasteiger partial charge in [-0.15, -0.1) is 0 Å². The number of carbonyl (C=O) groups excluding carboxylic acids is 2. The Morgan fingerprint density at radius 1 is 0.476 bits per heavy atom. The van der Waals surface area contributed by atoms with E-state index in [0.29, 0.717) is 19.3 Å². The molecule has 0 saturated carbocycles. The summed E-state index contributed by atoms with van der Waals surface area (Å²) in [6.07, 6.45) is 64.9. The van der Waals surface area contributed by atoms with Crippen molar-refractivity contribution in [1.29, 1.82) is 0 Å². The van der Waals surface area contributed by atoms with Crippen LogP contribution in [0, 0.1) is 0 Å². The van der Waals surface area contributed by atoms with Gasteiger partial charge in [0.15, 0.2) is 0 Å². The van der Waals surface area contributed by atoms with Gasteiger partial charge in [-0.1, -0.05) is 234 Å². The van der Waals surface area contributed by atoms with Crippen LogP contribution in [-0.4, -0.2) is 46.9 Å². The van der Waals surface area contributed by atoms with Crippen molar-refractivity contribution >= 4 is 11.9 Å². The van der Waals surface area contributed by atoms with Gasteiger partial charge in [0.1, 0.15) is 6.10 Å². The molecule has 6 nitrogen and oxygen atoms in total. The summed E-state index contributed by atoms with van der Waals surface area (Å²) >= 11 is 0. The largest absolute Gasteiger partial charge is 0.462 e. The molecular formula is C57H99NO5. The molecule has 362 valence electrons. The van der Waals surface area contributed by atoms with Crippen LogP contribution in [0.25, 0.3) is 0 Å². The predicted molar refractivity (Wildman–Crippen MR) is 273 cm³/mol. The van der Waals surface area contributed by atoms with Crippen molar-refractivity contribution in [3.05, 3.63) is 85.1 Å². The lowest BCUT2D eigenvalue weighted by Crippen LogP contribution is -2.46. The number of allylic oxidation sites excluding steroid dienone is 14. The van der Waals surface area contributed by atoms with Crippen LogP contribution in [0.4, 0.5) is 0 Å². The van der Waals surface area contributed by atoms with Crippen LogP contribution in [0.2, 0.25) is 0 Å². The maximum absolute atomic E-state index is 13.2. The normalized spacial score (nSPS) is 13.9. The summed E-state index contributed by atoms with van der Waals surface area (Å²) in [6, 6.07) is -0.713. The molecule has 0 aromatic heterocycles. The van der Waals surface area contributed by atoms with Crippen LogP contribution in [0.1, 0.15) is 239 Å². The molecule has 0 rings (SSSR count). The quantitative estimate of drug-likeness (QED) is 0.0245. The number of esters is 1. The average Bonchev–Trinajstić information content (AvgIpc) is 3.28. The Hall–Kier alpha value is -2.96. The number of ether oxygens (including phenoxy) is 1. The fourth-order valence-corrected chi connectivity index (χ4v) is 7.55. The molecule has 3 N–H and O–H groups in total. The van der Waals surface area contributed by atoms with Gasteiger partial charge in [0.05, 0.1) is 25.2 Å². The van der Waals surface area contributed by atoms with E-state index in [0.717, 1.165) is 96.3 Å². The number of amides is 1. The molecule has 0 saturated heterocycles. The van der Waals surface area contributed by atoms with Gasteiger partial charge in [0, 0.05) is 6.42 Å². The fourth-order valence-electron chi connectivity index (χ4n) is 7.55. The minimum Gasteiger partial charge on any atom is -0.462 e. The van der Waals surface area contributed by atoms with Crippen molar-refractivity contribution in [2.75, 3.05) is 6.61 Å². The zero-order valence-corrected chi connectivity index (χ0v) is 41.2. The minimum atomic E-state index is -0.798. The molecule has 3 atom stereocenters. The third-order valence-electron chi connectivity index (χ3n) is 11.6. The van der Waals surface area contributed by atoms with Crippen LogP contribution in [0.3, 0.4) is 0 Å². The highest BCUT2D eigenvalue weighted by molar-refractivity contribution is 5.77. The molecule has 0 radical (unpaired) electrons. The Morgan fingerprint density at radius 3 is 1.44 bits per heavy atom. The highest BCUT2D eigenvalue weighted by Gasteiger charge is 2.24. The second-order valence-electron chi connectivity index (χ2n) is 17.7. The molecule has 0 bridgehead atoms. The van der Waals surface area contributed by atoms with E-state index < -0.39 is 18.2 Å². The minimum absolute atomic E-state index is 0.0575. The van der Waals surface area contributed by atoms with Crippen molar-refractivity contribution in [1.82, 2.24) is 5.32 Å². The lowest BCUT2D eigenvalue weighted by Gasteiger charge is -2.24. The smallest absolute Gasteiger partial charge is 0.306 e. The van der Waals surface area contributed by atoms with Crippen LogP contribution in [0.15, 0.2) is 85.1 Å². The Bertz CT molecular complexity index is 1210. The standard InChI is InChI=1S/C57H99NO5/c1-4-7-10-13-16-19-21-23-25-27-29-31-33-35-38-41-44-47-50-57(62)63-53(48-45-42-39-37-34-32-30-28-26-24-22-20-17-14-11-8-5-2)51-56(61)58-54(52-59)55(60)49-46-43-40-36-18-15-12-9-6-3/h10,13,16-17,19-21,23-27,29,31,53-55,59-60H,4-9,11-12,14-15,18,22,28,30,32-52H2,1-3H3,(H,58,61)/b13-10+,19-16+,20-17-,23-21+,26-24-,27-25+,31-29+. The lowest BCUT2D eigenvalue weighted by atomic mass is 10.0. The average molecular weight is 878 g/mol. The molecule has 0 spiro atoms. The molecule has 0 aliphatic rings. The molecule has 6 heteroatoms. The summed E-state index contributed by atoms with van der Waals surface area (Å²) in [5.74, 6) is -0.514. The lowest BCUT2D eigenvalue weighted by molar-refractivity contribution is -0.151. The second-order valence-corrected chi connectivity index (χ2v) is 17.7. The first-order valence-electron chi connectivity index (χ1n) is 26.4. The number of carbonyl (C=O) groups is 2. The van der Waals surface area contributed by atoms with Crippen molar-refractivity contribution in [2.45, 2.75) is 257 Å². The van der Waals surface area contributed by atoms with E-state index in [-0.39, 0.29) is 24.9 Å². The van der Waals surface area contributed by atoms with Gasteiger partial charge >= 0.3 is 5.97 Å². The van der Waals surface area contributed by atoms with Gasteiger partial charge in [0.2, 0.25) is 5.91 Å². The van der Waals surface area contributed by atoms with Crippen LogP contribution in [-0.2, 0) is 14.3 Å². The van der Waals surface area contributed by atoms with Gasteiger partial charge in [0.25, 0.3) is 0 Å². The maximum Gasteiger partial charge on any atom is 0.306 e. The van der Waals surface area contributed by atoms with E-state index in [2.05, 4.69) is 86.8 Å². The summed E-state index contributed by atoms with van der Waals surface area (Å²) < 4.78 is 5.93. The monoisotopic (exact) mass is 878 g/mol. The summed E-state index contributed by atoms with van der Waals surface area (Å²) in [4.78, 5) is 26.2. The second kappa shape index (κ2) is 50.0. The zero-order valence-electron chi connectivity index (χ0n) is 41.2. The van der Waals surface area contributed by atoms with Gasteiger partial charge in [-0.3, -0.25) is 9.59 Å². The first kappa shape index (κ1) is 60.0. The number of hydrogen-bond donors (Lipinski definition) is 3. The summed E-state index contributed by atoms with van der Waals surface area (Å²) in [6.45, 7) is 6.34. The van der Waals surface area contributed by atoms with Crippen molar-refractivity contribution in [3.8, 4) is 0 Å². The number of hydrogen-bond acceptors (Lipinski definition) is 5. The highest BCUT2D eigenvalue weighted by atomic mass is 16.5. The fraction of sp³-hybridized carbons (Fsp3) is 0.719. The number of nitrogens with one attached hydrogen (secondary N) is 1. The van der Waals surface area contributed by atoms with Crippen LogP contribution >= 0.6 is 0 Å². The highest BCUT2D eigenvalue weighted by Crippen LogP contribution is 2.17. The van der Waals surface area contributed by atoms with Crippen molar-refractivity contribution in [3.63, 3.8) is 0 Å². The SMILES string of the molecule is CCC/C=C/C=C/C=C/C=C/C=C/CCCCCCCC(=O)OC(CCCCCCCCC/C=C\C/C=C\CCCCC)CC(=O)NC(CO)C(O)CCCCCCCCCCC. The molecular weight excluding hydrogens is 779 g/mol. The molecule has 0 aliphatic carbocycles. The van der Waals surface area contributed by atoms with E-state index in [4.69, 9.17) is 4.74 Å². The summed E-state index contributed by atoms with van der Waals surface area (Å²) in [5, 5.41) is 23.7. The molecule has 0 fully saturated rings. The number of unbranched alkanes of at least 4 members (excludes halogenated alkanes) is 24. The van der Waals surface area contributed by atoms with E-state index in [1.54, 1.807) is 0 Å². The van der Waals surface area contributed by atoms with Crippen molar-refractivity contribution in [2.24, 2.45) is 0 Å². The molecule has 0 heterocycles. The summed E-state index contributed by atoms with van der Waals surface area (Å²) in [5.41, 5.74) is 0. The first-order valence-corrected chi connectivity index (χ1v) is 26.4. The van der Waals surface area contributed by atoms with Gasteiger partial charge in [-0.25, -0.2) is 0 Å². The molecule has 3 unspecified atom stereocenters. The van der Waals surface area contributed by atoms with E-state index >= 15 is 0 Å². The third-order valence-corrected chi connectivity index (χ3v) is 11.6. The van der Waals surface area contributed by atoms with Crippen molar-refractivity contribution < 1.29 is 24.5 Å². The third kappa shape index (κ3) is 45.4. The van der Waals surface area contributed by atoms with Gasteiger partial charge in [-0.05, 0) is 77.0 Å². The van der Waals surface area contributed by atoms with Gasteiger partial charge < -0.3 is 20.3 Å². The molecule has 63 heavy (non-hydrogen) atoms. The van der Waals surface area contributed by atoms with Crippen LogP contribution < -0.4 is 5.32 Å². The van der Waals surface area contributed by atoms with Gasteiger partial charge in [-0.2, -0.15) is 0 Å². The predicted octanol–water partition coefficient (Wildman–Crippen LogP) is 16.0.